The van der Waals surface area contributed by atoms with Gasteiger partial charge >= 0.3 is 0 Å². The van der Waals surface area contributed by atoms with Crippen LogP contribution in [0.2, 0.25) is 0 Å². The van der Waals surface area contributed by atoms with E-state index in [1.54, 1.807) is 6.26 Å². The first-order valence-corrected chi connectivity index (χ1v) is 7.26. The van der Waals surface area contributed by atoms with E-state index in [0.717, 1.165) is 30.3 Å². The molecular weight excluding hydrogens is 264 g/mol. The average Bonchev–Trinajstić information content (AvgIpc) is 2.91. The van der Waals surface area contributed by atoms with Crippen molar-refractivity contribution in [3.63, 3.8) is 0 Å². The molecule has 0 aliphatic heterocycles. The van der Waals surface area contributed by atoms with Crippen LogP contribution in [0.5, 0.6) is 5.75 Å². The molecule has 0 saturated carbocycles. The Labute approximate surface area is 126 Å². The zero-order chi connectivity index (χ0) is 15.2. The van der Waals surface area contributed by atoms with Crippen LogP contribution in [0.15, 0.2) is 41.0 Å². The van der Waals surface area contributed by atoms with Gasteiger partial charge in [0.05, 0.1) is 24.6 Å². The lowest BCUT2D eigenvalue weighted by molar-refractivity contribution is 0.243. The topological polar surface area (TPSA) is 37.6 Å². The van der Waals surface area contributed by atoms with Gasteiger partial charge in [-0.3, -0.25) is 0 Å². The lowest BCUT2D eigenvalue weighted by atomic mass is 10.1. The number of nitrogens with one attached hydrogen (secondary N) is 1. The van der Waals surface area contributed by atoms with E-state index in [1.165, 1.54) is 5.56 Å². The van der Waals surface area contributed by atoms with Gasteiger partial charge in [0.25, 0.3) is 0 Å². The van der Waals surface area contributed by atoms with Crippen molar-refractivity contribution in [3.05, 3.63) is 47.9 Å². The normalized spacial score (nSPS) is 10.9. The van der Waals surface area contributed by atoms with Crippen molar-refractivity contribution in [2.45, 2.75) is 33.0 Å². The number of nitrogens with zero attached hydrogens (tertiary/aromatic N) is 1. The standard InChI is InChI=1S/C17H24N2O2/c1-13(2)21-17-10-14(7-8-16(17)19(3)4)11-18-12-15-6-5-9-20-15/h5-10,13,18H,11-12H2,1-4H3. The Kier molecular flexibility index (Phi) is 5.28. The minimum Gasteiger partial charge on any atom is -0.489 e. The second-order valence-electron chi connectivity index (χ2n) is 5.55. The molecule has 1 aromatic heterocycles. The summed E-state index contributed by atoms with van der Waals surface area (Å²) in [7, 11) is 4.05. The number of furan rings is 1. The largest absolute Gasteiger partial charge is 0.489 e. The quantitative estimate of drug-likeness (QED) is 0.847. The molecule has 1 heterocycles. The fraction of sp³-hybridized carbons (Fsp3) is 0.412. The third-order valence-corrected chi connectivity index (χ3v) is 3.08. The SMILES string of the molecule is CC(C)Oc1cc(CNCc2ccco2)ccc1N(C)C. The Bertz CT molecular complexity index is 548. The smallest absolute Gasteiger partial charge is 0.143 e. The molecular formula is C17H24N2O2. The van der Waals surface area contributed by atoms with Crippen LogP contribution in [-0.2, 0) is 13.1 Å². The Morgan fingerprint density at radius 3 is 2.62 bits per heavy atom. The molecule has 21 heavy (non-hydrogen) atoms. The van der Waals surface area contributed by atoms with E-state index in [2.05, 4.69) is 28.4 Å². The molecule has 0 spiro atoms. The second-order valence-corrected chi connectivity index (χ2v) is 5.55. The van der Waals surface area contributed by atoms with E-state index in [0.29, 0.717) is 0 Å². The number of hydrogen-bond donors (Lipinski definition) is 1. The minimum absolute atomic E-state index is 0.162. The van der Waals surface area contributed by atoms with E-state index in [4.69, 9.17) is 9.15 Å². The van der Waals surface area contributed by atoms with Gasteiger partial charge in [-0.15, -0.1) is 0 Å². The Hall–Kier alpha value is -1.94. The van der Waals surface area contributed by atoms with Gasteiger partial charge < -0.3 is 19.4 Å². The fourth-order valence-electron chi connectivity index (χ4n) is 2.13. The van der Waals surface area contributed by atoms with E-state index in [-0.39, 0.29) is 6.10 Å². The molecule has 1 N–H and O–H groups in total. The van der Waals surface area contributed by atoms with Gasteiger partial charge in [-0.25, -0.2) is 0 Å². The predicted molar refractivity (Wildman–Crippen MR) is 85.8 cm³/mol. The first-order valence-electron chi connectivity index (χ1n) is 7.26. The highest BCUT2D eigenvalue weighted by Gasteiger charge is 2.09. The van der Waals surface area contributed by atoms with Crippen molar-refractivity contribution in [1.29, 1.82) is 0 Å². The maximum atomic E-state index is 5.91. The highest BCUT2D eigenvalue weighted by molar-refractivity contribution is 5.59. The number of benzene rings is 1. The van der Waals surface area contributed by atoms with Crippen molar-refractivity contribution in [1.82, 2.24) is 5.32 Å². The van der Waals surface area contributed by atoms with E-state index in [9.17, 15) is 0 Å². The molecule has 114 valence electrons. The van der Waals surface area contributed by atoms with Crippen molar-refractivity contribution < 1.29 is 9.15 Å². The molecule has 0 aliphatic carbocycles. The third kappa shape index (κ3) is 4.53. The monoisotopic (exact) mass is 288 g/mol. The summed E-state index contributed by atoms with van der Waals surface area (Å²) in [5.41, 5.74) is 2.29. The summed E-state index contributed by atoms with van der Waals surface area (Å²) in [6.45, 7) is 5.59. The van der Waals surface area contributed by atoms with Gasteiger partial charge in [-0.2, -0.15) is 0 Å². The number of ether oxygens (including phenoxy) is 1. The van der Waals surface area contributed by atoms with Crippen molar-refractivity contribution >= 4 is 5.69 Å². The molecule has 0 amide bonds. The molecule has 0 aliphatic rings. The molecule has 2 aromatic rings. The zero-order valence-corrected chi connectivity index (χ0v) is 13.2. The fourth-order valence-corrected chi connectivity index (χ4v) is 2.13. The maximum absolute atomic E-state index is 5.91. The van der Waals surface area contributed by atoms with Crippen molar-refractivity contribution in [3.8, 4) is 5.75 Å². The lowest BCUT2D eigenvalue weighted by Crippen LogP contribution is -2.15. The minimum atomic E-state index is 0.162. The Balaban J connectivity index is 2.02. The van der Waals surface area contributed by atoms with Gasteiger partial charge in [0.1, 0.15) is 11.5 Å². The molecule has 0 radical (unpaired) electrons. The summed E-state index contributed by atoms with van der Waals surface area (Å²) in [6.07, 6.45) is 1.85. The molecule has 0 unspecified atom stereocenters. The number of anilines is 1. The number of rotatable bonds is 7. The molecule has 4 nitrogen and oxygen atoms in total. The highest BCUT2D eigenvalue weighted by atomic mass is 16.5. The van der Waals surface area contributed by atoms with Crippen LogP contribution in [-0.4, -0.2) is 20.2 Å². The van der Waals surface area contributed by atoms with Crippen LogP contribution >= 0.6 is 0 Å². The predicted octanol–water partition coefficient (Wildman–Crippen LogP) is 3.42. The van der Waals surface area contributed by atoms with Crippen LogP contribution < -0.4 is 15.0 Å². The van der Waals surface area contributed by atoms with Crippen molar-refractivity contribution in [2.24, 2.45) is 0 Å². The summed E-state index contributed by atoms with van der Waals surface area (Å²) < 4.78 is 11.2. The summed E-state index contributed by atoms with van der Waals surface area (Å²) in [5, 5.41) is 3.37. The lowest BCUT2D eigenvalue weighted by Gasteiger charge is -2.20. The van der Waals surface area contributed by atoms with E-state index >= 15 is 0 Å². The van der Waals surface area contributed by atoms with Crippen LogP contribution in [0.25, 0.3) is 0 Å². The third-order valence-electron chi connectivity index (χ3n) is 3.08. The van der Waals surface area contributed by atoms with Crippen LogP contribution in [0.3, 0.4) is 0 Å². The zero-order valence-electron chi connectivity index (χ0n) is 13.2. The molecule has 0 saturated heterocycles. The Morgan fingerprint density at radius 2 is 2.00 bits per heavy atom. The van der Waals surface area contributed by atoms with Crippen LogP contribution in [0, 0.1) is 0 Å². The summed E-state index contributed by atoms with van der Waals surface area (Å²) in [4.78, 5) is 2.07. The summed E-state index contributed by atoms with van der Waals surface area (Å²) in [5.74, 6) is 1.87. The van der Waals surface area contributed by atoms with Gasteiger partial charge in [0, 0.05) is 20.6 Å². The molecule has 0 bridgehead atoms. The van der Waals surface area contributed by atoms with E-state index < -0.39 is 0 Å². The summed E-state index contributed by atoms with van der Waals surface area (Å²) >= 11 is 0. The van der Waals surface area contributed by atoms with Crippen molar-refractivity contribution in [2.75, 3.05) is 19.0 Å². The van der Waals surface area contributed by atoms with Crippen LogP contribution in [0.1, 0.15) is 25.2 Å². The first kappa shape index (κ1) is 15.4. The van der Waals surface area contributed by atoms with Gasteiger partial charge in [-0.05, 0) is 43.7 Å². The maximum Gasteiger partial charge on any atom is 0.143 e. The second kappa shape index (κ2) is 7.18. The highest BCUT2D eigenvalue weighted by Crippen LogP contribution is 2.29. The van der Waals surface area contributed by atoms with Gasteiger partial charge in [0.2, 0.25) is 0 Å². The van der Waals surface area contributed by atoms with Gasteiger partial charge in [-0.1, -0.05) is 6.07 Å². The van der Waals surface area contributed by atoms with Gasteiger partial charge in [0.15, 0.2) is 0 Å². The summed E-state index contributed by atoms with van der Waals surface area (Å²) in [6, 6.07) is 10.2. The van der Waals surface area contributed by atoms with E-state index in [1.807, 2.05) is 40.1 Å². The molecule has 2 rings (SSSR count). The molecule has 1 aromatic carbocycles. The molecule has 0 fully saturated rings. The molecule has 0 atom stereocenters. The Morgan fingerprint density at radius 1 is 1.19 bits per heavy atom. The average molecular weight is 288 g/mol. The van der Waals surface area contributed by atoms with Crippen LogP contribution in [0.4, 0.5) is 5.69 Å². The molecule has 4 heteroatoms. The number of hydrogen-bond acceptors (Lipinski definition) is 4. The first-order chi connectivity index (χ1) is 10.1.